The molecule has 0 amide bonds. The zero-order valence-corrected chi connectivity index (χ0v) is 11.7. The number of rotatable bonds is 5. The van der Waals surface area contributed by atoms with Gasteiger partial charge in [0.25, 0.3) is 0 Å². The minimum atomic E-state index is 0.733. The average molecular weight is 247 g/mol. The molecule has 2 rings (SSSR count). The molecule has 0 saturated heterocycles. The highest BCUT2D eigenvalue weighted by Gasteiger charge is 2.05. The van der Waals surface area contributed by atoms with Gasteiger partial charge in [-0.15, -0.1) is 11.3 Å². The highest BCUT2D eigenvalue weighted by molar-refractivity contribution is 7.17. The first-order chi connectivity index (χ1) is 8.18. The number of hydrogen-bond acceptors (Lipinski definition) is 2. The van der Waals surface area contributed by atoms with Crippen molar-refractivity contribution in [2.75, 3.05) is 13.1 Å². The maximum atomic E-state index is 3.51. The lowest BCUT2D eigenvalue weighted by molar-refractivity contribution is 0.555. The molecule has 1 aromatic carbocycles. The molecule has 2 heteroatoms. The van der Waals surface area contributed by atoms with E-state index in [9.17, 15) is 0 Å². The third-order valence-electron chi connectivity index (χ3n) is 3.00. The van der Waals surface area contributed by atoms with E-state index in [2.05, 4.69) is 49.7 Å². The highest BCUT2D eigenvalue weighted by atomic mass is 32.1. The maximum Gasteiger partial charge on any atom is 0.0374 e. The van der Waals surface area contributed by atoms with E-state index in [1.165, 1.54) is 21.2 Å². The molecule has 1 nitrogen and oxygen atoms in total. The van der Waals surface area contributed by atoms with Crippen LogP contribution < -0.4 is 5.32 Å². The Morgan fingerprint density at radius 1 is 1.29 bits per heavy atom. The molecule has 0 saturated carbocycles. The number of hydrogen-bond donors (Lipinski definition) is 1. The van der Waals surface area contributed by atoms with E-state index in [4.69, 9.17) is 0 Å². The van der Waals surface area contributed by atoms with Gasteiger partial charge in [-0.05, 0) is 54.2 Å². The first-order valence-electron chi connectivity index (χ1n) is 6.35. The predicted molar refractivity (Wildman–Crippen MR) is 78.0 cm³/mol. The lowest BCUT2D eigenvalue weighted by Crippen LogP contribution is -2.21. The summed E-state index contributed by atoms with van der Waals surface area (Å²) < 4.78 is 1.45. The average Bonchev–Trinajstić information content (AvgIpc) is 2.69. The van der Waals surface area contributed by atoms with Crippen molar-refractivity contribution in [2.45, 2.75) is 27.2 Å². The summed E-state index contributed by atoms with van der Waals surface area (Å²) in [6.07, 6.45) is 1.14. The number of benzene rings is 1. The molecule has 0 fully saturated rings. The molecule has 2 aromatic rings. The molecule has 1 heterocycles. The fourth-order valence-electron chi connectivity index (χ4n) is 2.06. The van der Waals surface area contributed by atoms with Crippen LogP contribution >= 0.6 is 11.3 Å². The Kier molecular flexibility index (Phi) is 4.19. The van der Waals surface area contributed by atoms with E-state index in [1.807, 2.05) is 11.3 Å². The minimum Gasteiger partial charge on any atom is -0.316 e. The molecular weight excluding hydrogens is 226 g/mol. The highest BCUT2D eigenvalue weighted by Crippen LogP contribution is 2.28. The van der Waals surface area contributed by atoms with Gasteiger partial charge in [0.05, 0.1) is 0 Å². The van der Waals surface area contributed by atoms with Crippen LogP contribution in [0.1, 0.15) is 25.0 Å². The number of aryl methyl sites for hydroxylation is 1. The zero-order chi connectivity index (χ0) is 12.3. The molecule has 17 heavy (non-hydrogen) atoms. The lowest BCUT2D eigenvalue weighted by atomic mass is 10.1. The Hall–Kier alpha value is -0.860. The Morgan fingerprint density at radius 2 is 2.12 bits per heavy atom. The fraction of sp³-hybridized carbons (Fsp3) is 0.467. The summed E-state index contributed by atoms with van der Waals surface area (Å²) >= 11 is 1.88. The van der Waals surface area contributed by atoms with E-state index < -0.39 is 0 Å². The van der Waals surface area contributed by atoms with Crippen molar-refractivity contribution in [3.8, 4) is 0 Å². The topological polar surface area (TPSA) is 12.0 Å². The molecule has 0 unspecified atom stereocenters. The summed E-state index contributed by atoms with van der Waals surface area (Å²) in [7, 11) is 0. The van der Waals surface area contributed by atoms with Gasteiger partial charge in [-0.3, -0.25) is 0 Å². The zero-order valence-electron chi connectivity index (χ0n) is 10.9. The summed E-state index contributed by atoms with van der Waals surface area (Å²) in [5, 5.41) is 7.27. The molecule has 0 bridgehead atoms. The van der Waals surface area contributed by atoms with Gasteiger partial charge < -0.3 is 5.32 Å². The summed E-state index contributed by atoms with van der Waals surface area (Å²) in [6.45, 7) is 8.88. The van der Waals surface area contributed by atoms with E-state index in [-0.39, 0.29) is 0 Å². The van der Waals surface area contributed by atoms with Gasteiger partial charge in [0, 0.05) is 4.70 Å². The number of fused-ring (bicyclic) bond motifs is 1. The second kappa shape index (κ2) is 5.65. The molecule has 0 aliphatic rings. The molecule has 1 N–H and O–H groups in total. The van der Waals surface area contributed by atoms with Crippen LogP contribution in [0.2, 0.25) is 0 Å². The molecule has 92 valence electrons. The smallest absolute Gasteiger partial charge is 0.0374 e. The molecule has 0 spiro atoms. The van der Waals surface area contributed by atoms with E-state index in [0.29, 0.717) is 0 Å². The molecule has 0 atom stereocenters. The van der Waals surface area contributed by atoms with Crippen molar-refractivity contribution in [1.82, 2.24) is 5.32 Å². The van der Waals surface area contributed by atoms with Crippen LogP contribution in [-0.2, 0) is 6.42 Å². The van der Waals surface area contributed by atoms with Crippen molar-refractivity contribution >= 4 is 21.4 Å². The SMILES string of the molecule is Cc1cccc2c(CCNCC(C)C)csc12. The Balaban J connectivity index is 2.02. The van der Waals surface area contributed by atoms with Crippen LogP contribution in [-0.4, -0.2) is 13.1 Å². The molecule has 0 aliphatic carbocycles. The number of nitrogens with one attached hydrogen (secondary N) is 1. The van der Waals surface area contributed by atoms with E-state index in [1.54, 1.807) is 0 Å². The first kappa shape index (κ1) is 12.6. The second-order valence-corrected chi connectivity index (χ2v) is 5.94. The van der Waals surface area contributed by atoms with Gasteiger partial charge in [-0.1, -0.05) is 32.0 Å². The van der Waals surface area contributed by atoms with Crippen molar-refractivity contribution < 1.29 is 0 Å². The third kappa shape index (κ3) is 3.08. The third-order valence-corrected chi connectivity index (χ3v) is 4.18. The summed E-state index contributed by atoms with van der Waals surface area (Å²) in [6, 6.07) is 6.60. The van der Waals surface area contributed by atoms with Gasteiger partial charge >= 0.3 is 0 Å². The van der Waals surface area contributed by atoms with Crippen molar-refractivity contribution in [3.05, 3.63) is 34.7 Å². The van der Waals surface area contributed by atoms with Gasteiger partial charge in [-0.25, -0.2) is 0 Å². The second-order valence-electron chi connectivity index (χ2n) is 5.06. The van der Waals surface area contributed by atoms with Gasteiger partial charge in [0.2, 0.25) is 0 Å². The molecule has 1 aromatic heterocycles. The monoisotopic (exact) mass is 247 g/mol. The first-order valence-corrected chi connectivity index (χ1v) is 7.23. The standard InChI is InChI=1S/C15H21NS/c1-11(2)9-16-8-7-13-10-17-15-12(3)5-4-6-14(13)15/h4-6,10-11,16H,7-9H2,1-3H3. The quantitative estimate of drug-likeness (QED) is 0.788. The molecular formula is C15H21NS. The van der Waals surface area contributed by atoms with Crippen molar-refractivity contribution in [2.24, 2.45) is 5.92 Å². The van der Waals surface area contributed by atoms with Crippen LogP contribution in [0.5, 0.6) is 0 Å². The molecule has 0 radical (unpaired) electrons. The van der Waals surface area contributed by atoms with Crippen LogP contribution in [0.4, 0.5) is 0 Å². The largest absolute Gasteiger partial charge is 0.316 e. The lowest BCUT2D eigenvalue weighted by Gasteiger charge is -2.06. The summed E-state index contributed by atoms with van der Waals surface area (Å²) in [5.41, 5.74) is 2.89. The van der Waals surface area contributed by atoms with Crippen LogP contribution in [0.15, 0.2) is 23.6 Å². The van der Waals surface area contributed by atoms with E-state index in [0.717, 1.165) is 25.4 Å². The van der Waals surface area contributed by atoms with E-state index >= 15 is 0 Å². The summed E-state index contributed by atoms with van der Waals surface area (Å²) in [5.74, 6) is 0.733. The van der Waals surface area contributed by atoms with Gasteiger partial charge in [0.15, 0.2) is 0 Å². The van der Waals surface area contributed by atoms with Crippen LogP contribution in [0.25, 0.3) is 10.1 Å². The van der Waals surface area contributed by atoms with Crippen LogP contribution in [0.3, 0.4) is 0 Å². The fourth-order valence-corrected chi connectivity index (χ4v) is 3.15. The van der Waals surface area contributed by atoms with Crippen LogP contribution in [0, 0.1) is 12.8 Å². The van der Waals surface area contributed by atoms with Gasteiger partial charge in [0.1, 0.15) is 0 Å². The predicted octanol–water partition coefficient (Wildman–Crippen LogP) is 4.00. The van der Waals surface area contributed by atoms with Crippen molar-refractivity contribution in [1.29, 1.82) is 0 Å². The van der Waals surface area contributed by atoms with Crippen molar-refractivity contribution in [3.63, 3.8) is 0 Å². The van der Waals surface area contributed by atoms with Gasteiger partial charge in [-0.2, -0.15) is 0 Å². The maximum absolute atomic E-state index is 3.51. The Morgan fingerprint density at radius 3 is 2.88 bits per heavy atom. The minimum absolute atomic E-state index is 0.733. The normalized spacial score (nSPS) is 11.5. The number of thiophene rings is 1. The summed E-state index contributed by atoms with van der Waals surface area (Å²) in [4.78, 5) is 0. The molecule has 0 aliphatic heterocycles. The Bertz CT molecular complexity index is 485. The Labute approximate surface area is 108 Å².